The van der Waals surface area contributed by atoms with Crippen LogP contribution in [0.3, 0.4) is 0 Å². The maximum Gasteiger partial charge on any atom is 0.329 e. The quantitative estimate of drug-likeness (QED) is 0.296. The molecule has 2 saturated heterocycles. The number of carbonyl (C=O) groups excluding carboxylic acids is 5. The zero-order valence-corrected chi connectivity index (χ0v) is 23.2. The maximum atomic E-state index is 13.1. The second kappa shape index (κ2) is 13.3. The Morgan fingerprint density at radius 2 is 1.85 bits per heavy atom. The Hall–Kier alpha value is -4.40. The summed E-state index contributed by atoms with van der Waals surface area (Å²) in [6.45, 7) is 1.21. The molecule has 1 atom stereocenters. The molecule has 2 fully saturated rings. The largest absolute Gasteiger partial charge is 0.370 e. The lowest BCUT2D eigenvalue weighted by Gasteiger charge is -2.31. The minimum atomic E-state index is -0.741. The number of imide groups is 1. The zero-order chi connectivity index (χ0) is 29.5. The van der Waals surface area contributed by atoms with E-state index in [0.29, 0.717) is 48.4 Å². The van der Waals surface area contributed by atoms with Crippen molar-refractivity contribution < 1.29 is 24.0 Å². The van der Waals surface area contributed by atoms with Gasteiger partial charge in [-0.05, 0) is 50.2 Å². The molecule has 4 N–H and O–H groups in total. The first-order valence-electron chi connectivity index (χ1n) is 14.0. The first-order valence-corrected chi connectivity index (χ1v) is 14.0. The van der Waals surface area contributed by atoms with E-state index in [1.54, 1.807) is 18.0 Å². The van der Waals surface area contributed by atoms with E-state index in [4.69, 9.17) is 5.73 Å². The number of nitrogens with one attached hydrogen (secondary N) is 2. The number of aromatic nitrogens is 2. The topological polar surface area (TPSA) is 166 Å². The summed E-state index contributed by atoms with van der Waals surface area (Å²) >= 11 is 0. The van der Waals surface area contributed by atoms with Crippen molar-refractivity contribution in [3.8, 4) is 11.8 Å². The van der Waals surface area contributed by atoms with Crippen molar-refractivity contribution in [2.24, 2.45) is 18.7 Å². The van der Waals surface area contributed by atoms with E-state index in [1.165, 1.54) is 9.13 Å². The maximum absolute atomic E-state index is 13.1. The Balaban J connectivity index is 1.28. The minimum Gasteiger partial charge on any atom is -0.370 e. The first-order chi connectivity index (χ1) is 19.7. The number of para-hydroxylation sites is 1. The van der Waals surface area contributed by atoms with Crippen molar-refractivity contribution in [1.29, 1.82) is 0 Å². The van der Waals surface area contributed by atoms with Crippen LogP contribution in [-0.4, -0.2) is 63.2 Å². The van der Waals surface area contributed by atoms with Crippen molar-refractivity contribution in [2.45, 2.75) is 63.8 Å². The number of benzene rings is 1. The summed E-state index contributed by atoms with van der Waals surface area (Å²) in [6.07, 6.45) is 4.40. The number of hydrogen-bond donors (Lipinski definition) is 3. The number of likely N-dealkylation sites (tertiary alicyclic amines) is 1. The van der Waals surface area contributed by atoms with Crippen molar-refractivity contribution in [2.75, 3.05) is 19.6 Å². The van der Waals surface area contributed by atoms with Crippen molar-refractivity contribution >= 4 is 40.6 Å². The first kappa shape index (κ1) is 29.6. The van der Waals surface area contributed by atoms with Crippen LogP contribution < -0.4 is 22.1 Å². The van der Waals surface area contributed by atoms with E-state index in [0.717, 1.165) is 19.3 Å². The zero-order valence-electron chi connectivity index (χ0n) is 23.2. The van der Waals surface area contributed by atoms with Crippen LogP contribution in [-0.2, 0) is 31.0 Å². The number of fused-ring (bicyclic) bond motifs is 1. The molecule has 12 heteroatoms. The molecule has 3 heterocycles. The molecule has 2 aliphatic rings. The van der Waals surface area contributed by atoms with Gasteiger partial charge in [-0.2, -0.15) is 0 Å². The van der Waals surface area contributed by atoms with Gasteiger partial charge in [0.05, 0.1) is 23.1 Å². The molecular weight excluding hydrogens is 528 g/mol. The summed E-state index contributed by atoms with van der Waals surface area (Å²) in [6, 6.07) is 4.71. The summed E-state index contributed by atoms with van der Waals surface area (Å²) in [5.74, 6) is 5.22. The number of piperidine rings is 2. The molecule has 2 aromatic rings. The van der Waals surface area contributed by atoms with E-state index in [-0.39, 0.29) is 55.6 Å². The highest BCUT2D eigenvalue weighted by molar-refractivity contribution is 6.00. The molecule has 0 spiro atoms. The van der Waals surface area contributed by atoms with Crippen molar-refractivity contribution in [1.82, 2.24) is 24.7 Å². The molecule has 4 rings (SSSR count). The molecule has 1 aromatic heterocycles. The van der Waals surface area contributed by atoms with Crippen molar-refractivity contribution in [3.05, 3.63) is 34.2 Å². The van der Waals surface area contributed by atoms with Gasteiger partial charge in [-0.1, -0.05) is 17.9 Å². The van der Waals surface area contributed by atoms with Gasteiger partial charge in [0, 0.05) is 45.8 Å². The summed E-state index contributed by atoms with van der Waals surface area (Å²) in [5.41, 5.74) is 6.70. The third-order valence-electron chi connectivity index (χ3n) is 7.76. The smallest absolute Gasteiger partial charge is 0.329 e. The highest BCUT2D eigenvalue weighted by Crippen LogP contribution is 2.25. The van der Waals surface area contributed by atoms with Crippen LogP contribution in [0, 0.1) is 17.8 Å². The second-order valence-corrected chi connectivity index (χ2v) is 10.6. The van der Waals surface area contributed by atoms with E-state index >= 15 is 0 Å². The van der Waals surface area contributed by atoms with E-state index in [2.05, 4.69) is 22.5 Å². The van der Waals surface area contributed by atoms with Crippen LogP contribution in [0.4, 0.5) is 0 Å². The number of nitrogens with zero attached hydrogens (tertiary/aromatic N) is 3. The molecule has 2 aliphatic heterocycles. The highest BCUT2D eigenvalue weighted by atomic mass is 16.2. The average Bonchev–Trinajstić information content (AvgIpc) is 3.20. The summed E-state index contributed by atoms with van der Waals surface area (Å²) in [4.78, 5) is 73.9. The SMILES string of the molecule is Cn1c(=O)n(C2CCC(=O)NC2=O)c2cccc(C#CCCC3CCN(C(=O)CNC(=O)CCCC(N)=O)CC3)c21. The van der Waals surface area contributed by atoms with Gasteiger partial charge in [0.1, 0.15) is 6.04 Å². The lowest BCUT2D eigenvalue weighted by atomic mass is 9.92. The molecule has 5 amide bonds. The van der Waals surface area contributed by atoms with Gasteiger partial charge in [-0.15, -0.1) is 0 Å². The standard InChI is InChI=1S/C29H36N6O6/c1-33-27-20(8-4-9-21(27)35(29(33)41)22-12-13-25(38)32-28(22)40)7-3-2-6-19-14-16-34(17-15-19)26(39)18-31-24(37)11-5-10-23(30)36/h4,8-9,19,22H,2,5-6,10-18H2,1H3,(H2,30,36)(H,31,37)(H,32,38,40). The van der Waals surface area contributed by atoms with E-state index in [1.807, 2.05) is 12.1 Å². The normalized spacial score (nSPS) is 17.6. The van der Waals surface area contributed by atoms with Crippen LogP contribution >= 0.6 is 0 Å². The molecule has 41 heavy (non-hydrogen) atoms. The number of rotatable bonds is 9. The number of imidazole rings is 1. The predicted octanol–water partition coefficient (Wildman–Crippen LogP) is 0.460. The fourth-order valence-electron chi connectivity index (χ4n) is 5.47. The number of aryl methyl sites for hydroxylation is 1. The van der Waals surface area contributed by atoms with Crippen LogP contribution in [0.25, 0.3) is 11.0 Å². The monoisotopic (exact) mass is 564 g/mol. The number of nitrogens with two attached hydrogens (primary N) is 1. The van der Waals surface area contributed by atoms with Gasteiger partial charge in [-0.25, -0.2) is 4.79 Å². The molecular formula is C29H36N6O6. The van der Waals surface area contributed by atoms with Crippen LogP contribution in [0.15, 0.2) is 23.0 Å². The average molecular weight is 565 g/mol. The fraction of sp³-hybridized carbons (Fsp3) is 0.517. The van der Waals surface area contributed by atoms with E-state index < -0.39 is 17.9 Å². The summed E-state index contributed by atoms with van der Waals surface area (Å²) in [7, 11) is 1.66. The van der Waals surface area contributed by atoms with Crippen molar-refractivity contribution in [3.63, 3.8) is 0 Å². The Kier molecular flexibility index (Phi) is 9.60. The van der Waals surface area contributed by atoms with Gasteiger partial charge < -0.3 is 16.0 Å². The van der Waals surface area contributed by atoms with Gasteiger partial charge >= 0.3 is 5.69 Å². The number of primary amides is 1. The van der Waals surface area contributed by atoms with Gasteiger partial charge in [0.25, 0.3) is 0 Å². The Bertz CT molecular complexity index is 1470. The lowest BCUT2D eigenvalue weighted by Crippen LogP contribution is -2.44. The molecule has 0 radical (unpaired) electrons. The molecule has 0 saturated carbocycles. The minimum absolute atomic E-state index is 0.0507. The van der Waals surface area contributed by atoms with Crippen LogP contribution in [0.2, 0.25) is 0 Å². The molecule has 218 valence electrons. The third kappa shape index (κ3) is 7.22. The fourth-order valence-corrected chi connectivity index (χ4v) is 5.47. The van der Waals surface area contributed by atoms with E-state index in [9.17, 15) is 28.8 Å². The van der Waals surface area contributed by atoms with Gasteiger partial charge in [0.2, 0.25) is 29.5 Å². The third-order valence-corrected chi connectivity index (χ3v) is 7.76. The highest BCUT2D eigenvalue weighted by Gasteiger charge is 2.31. The van der Waals surface area contributed by atoms with Crippen LogP contribution in [0.5, 0.6) is 0 Å². The lowest BCUT2D eigenvalue weighted by molar-refractivity contribution is -0.136. The molecule has 1 aromatic carbocycles. The molecule has 0 bridgehead atoms. The molecule has 1 unspecified atom stereocenters. The predicted molar refractivity (Wildman–Crippen MR) is 150 cm³/mol. The second-order valence-electron chi connectivity index (χ2n) is 10.6. The number of hydrogen-bond acceptors (Lipinski definition) is 6. The number of carbonyl (C=O) groups is 5. The van der Waals surface area contributed by atoms with Gasteiger partial charge in [0.15, 0.2) is 0 Å². The Morgan fingerprint density at radius 1 is 1.10 bits per heavy atom. The summed E-state index contributed by atoms with van der Waals surface area (Å²) in [5, 5.41) is 4.93. The molecule has 12 nitrogen and oxygen atoms in total. The molecule has 0 aliphatic carbocycles. The van der Waals surface area contributed by atoms with Crippen LogP contribution in [0.1, 0.15) is 69.4 Å². The van der Waals surface area contributed by atoms with Gasteiger partial charge in [-0.3, -0.25) is 38.4 Å². The summed E-state index contributed by atoms with van der Waals surface area (Å²) < 4.78 is 2.95. The Labute approximate surface area is 237 Å². The number of amides is 5. The Morgan fingerprint density at radius 3 is 2.56 bits per heavy atom.